The Labute approximate surface area is 146 Å². The van der Waals surface area contributed by atoms with Crippen molar-refractivity contribution < 1.29 is 5.11 Å². The maximum Gasteiger partial charge on any atom is 0.210 e. The highest BCUT2D eigenvalue weighted by Crippen LogP contribution is 2.35. The first-order valence-corrected chi connectivity index (χ1v) is 9.50. The van der Waals surface area contributed by atoms with Crippen molar-refractivity contribution in [3.05, 3.63) is 40.7 Å². The zero-order valence-corrected chi connectivity index (χ0v) is 14.9. The third-order valence-corrected chi connectivity index (χ3v) is 5.28. The van der Waals surface area contributed by atoms with Gasteiger partial charge in [0.15, 0.2) is 0 Å². The van der Waals surface area contributed by atoms with E-state index in [0.29, 0.717) is 12.3 Å². The first-order chi connectivity index (χ1) is 11.7. The van der Waals surface area contributed by atoms with Crippen LogP contribution in [0.3, 0.4) is 0 Å². The summed E-state index contributed by atoms with van der Waals surface area (Å²) in [7, 11) is 0. The number of nitrogens with one attached hydrogen (secondary N) is 1. The summed E-state index contributed by atoms with van der Waals surface area (Å²) in [5.41, 5.74) is 1.88. The van der Waals surface area contributed by atoms with Crippen molar-refractivity contribution in [2.24, 2.45) is 0 Å². The molecule has 0 radical (unpaired) electrons. The quantitative estimate of drug-likeness (QED) is 0.799. The Kier molecular flexibility index (Phi) is 5.80. The number of nitrogens with zero attached hydrogens (tertiary/aromatic N) is 3. The van der Waals surface area contributed by atoms with Crippen molar-refractivity contribution in [3.8, 4) is 5.88 Å². The van der Waals surface area contributed by atoms with Crippen molar-refractivity contribution in [2.45, 2.75) is 57.8 Å². The maximum atomic E-state index is 9.52. The number of allylic oxidation sites excluding steroid dienone is 2. The van der Waals surface area contributed by atoms with Gasteiger partial charge in [-0.05, 0) is 25.3 Å². The molecule has 2 aromatic heterocycles. The highest BCUT2D eigenvalue weighted by molar-refractivity contribution is 7.15. The molecule has 6 heteroatoms. The summed E-state index contributed by atoms with van der Waals surface area (Å²) in [6, 6.07) is 5.31. The fourth-order valence-electron chi connectivity index (χ4n) is 3.11. The zero-order valence-electron chi connectivity index (χ0n) is 14.0. The molecule has 1 aliphatic carbocycles. The summed E-state index contributed by atoms with van der Waals surface area (Å²) in [5.74, 6) is 0.636. The minimum Gasteiger partial charge on any atom is -0.493 e. The number of hydrogen-bond acceptors (Lipinski definition) is 6. The molecular formula is C18H24N4OS. The number of anilines is 1. The first-order valence-electron chi connectivity index (χ1n) is 8.69. The summed E-state index contributed by atoms with van der Waals surface area (Å²) in [4.78, 5) is 4.16. The van der Waals surface area contributed by atoms with Gasteiger partial charge in [0.05, 0.1) is 5.69 Å². The third-order valence-electron chi connectivity index (χ3n) is 4.28. The fourth-order valence-corrected chi connectivity index (χ4v) is 4.06. The van der Waals surface area contributed by atoms with Crippen molar-refractivity contribution >= 4 is 16.5 Å². The molecule has 0 aliphatic heterocycles. The lowest BCUT2D eigenvalue weighted by Gasteiger charge is -2.18. The summed E-state index contributed by atoms with van der Waals surface area (Å²) in [5, 5.41) is 23.6. The summed E-state index contributed by atoms with van der Waals surface area (Å²) >= 11 is 1.66. The maximum absolute atomic E-state index is 9.52. The molecule has 3 rings (SSSR count). The van der Waals surface area contributed by atoms with Gasteiger partial charge in [0.25, 0.3) is 0 Å². The minimum absolute atomic E-state index is 0.0545. The fraction of sp³-hybridized carbons (Fsp3) is 0.500. The van der Waals surface area contributed by atoms with E-state index in [2.05, 4.69) is 33.5 Å². The van der Waals surface area contributed by atoms with E-state index < -0.39 is 0 Å². The van der Waals surface area contributed by atoms with Crippen LogP contribution >= 0.6 is 11.3 Å². The molecule has 0 spiro atoms. The second kappa shape index (κ2) is 8.24. The molecule has 5 nitrogen and oxygen atoms in total. The van der Waals surface area contributed by atoms with Crippen LogP contribution in [0.25, 0.3) is 0 Å². The van der Waals surface area contributed by atoms with Gasteiger partial charge in [-0.3, -0.25) is 0 Å². The molecule has 2 heterocycles. The monoisotopic (exact) mass is 344 g/mol. The molecule has 0 saturated heterocycles. The van der Waals surface area contributed by atoms with Crippen LogP contribution in [0.15, 0.2) is 30.0 Å². The molecule has 2 N–H and O–H groups in total. The van der Waals surface area contributed by atoms with Crippen molar-refractivity contribution in [1.82, 2.24) is 15.2 Å². The predicted octanol–water partition coefficient (Wildman–Crippen LogP) is 4.63. The molecule has 24 heavy (non-hydrogen) atoms. The van der Waals surface area contributed by atoms with E-state index in [-0.39, 0.29) is 5.88 Å². The van der Waals surface area contributed by atoms with E-state index in [4.69, 9.17) is 0 Å². The normalized spacial score (nSPS) is 16.3. The lowest BCUT2D eigenvalue weighted by molar-refractivity contribution is 0.440. The molecular weight excluding hydrogens is 320 g/mol. The Hall–Kier alpha value is -1.95. The SMILES string of the molecule is CC/C=C(/Cc1cccc(O)n1)Nc1nnc(C2CCCCC2)s1. The van der Waals surface area contributed by atoms with E-state index in [1.807, 2.05) is 12.1 Å². The molecule has 2 aromatic rings. The Morgan fingerprint density at radius 3 is 2.88 bits per heavy atom. The van der Waals surface area contributed by atoms with E-state index in [9.17, 15) is 5.11 Å². The highest BCUT2D eigenvalue weighted by atomic mass is 32.1. The second-order valence-corrected chi connectivity index (χ2v) is 7.22. The van der Waals surface area contributed by atoms with Gasteiger partial charge in [0.2, 0.25) is 11.0 Å². The smallest absolute Gasteiger partial charge is 0.210 e. The van der Waals surface area contributed by atoms with Crippen LogP contribution in [0.1, 0.15) is 62.1 Å². The van der Waals surface area contributed by atoms with Gasteiger partial charge in [-0.25, -0.2) is 4.98 Å². The summed E-state index contributed by atoms with van der Waals surface area (Å²) in [6.45, 7) is 2.10. The number of aromatic hydroxyl groups is 1. The largest absolute Gasteiger partial charge is 0.493 e. The average molecular weight is 344 g/mol. The van der Waals surface area contributed by atoms with Crippen LogP contribution in [0.4, 0.5) is 5.13 Å². The Morgan fingerprint density at radius 2 is 2.12 bits per heavy atom. The summed E-state index contributed by atoms with van der Waals surface area (Å²) in [6.07, 6.45) is 10.1. The second-order valence-electron chi connectivity index (χ2n) is 6.21. The average Bonchev–Trinajstić information content (AvgIpc) is 3.04. The molecule has 0 aromatic carbocycles. The molecule has 1 saturated carbocycles. The van der Waals surface area contributed by atoms with Crippen molar-refractivity contribution in [1.29, 1.82) is 0 Å². The molecule has 0 amide bonds. The van der Waals surface area contributed by atoms with Crippen LogP contribution in [-0.2, 0) is 6.42 Å². The Balaban J connectivity index is 1.67. The van der Waals surface area contributed by atoms with Crippen LogP contribution in [0, 0.1) is 0 Å². The van der Waals surface area contributed by atoms with E-state index in [1.54, 1.807) is 17.4 Å². The minimum atomic E-state index is 0.0545. The van der Waals surface area contributed by atoms with Gasteiger partial charge < -0.3 is 10.4 Å². The first kappa shape index (κ1) is 16.9. The van der Waals surface area contributed by atoms with Crippen LogP contribution in [0.2, 0.25) is 0 Å². The molecule has 0 bridgehead atoms. The van der Waals surface area contributed by atoms with Crippen LogP contribution < -0.4 is 5.32 Å². The Morgan fingerprint density at radius 1 is 1.29 bits per heavy atom. The number of aromatic nitrogens is 3. The van der Waals surface area contributed by atoms with Crippen LogP contribution in [-0.4, -0.2) is 20.3 Å². The molecule has 1 fully saturated rings. The van der Waals surface area contributed by atoms with Gasteiger partial charge >= 0.3 is 0 Å². The van der Waals surface area contributed by atoms with E-state index in [1.165, 1.54) is 32.1 Å². The third kappa shape index (κ3) is 4.54. The molecule has 0 unspecified atom stereocenters. The van der Waals surface area contributed by atoms with E-state index in [0.717, 1.165) is 28.0 Å². The van der Waals surface area contributed by atoms with Gasteiger partial charge in [0.1, 0.15) is 5.01 Å². The van der Waals surface area contributed by atoms with Gasteiger partial charge in [-0.2, -0.15) is 0 Å². The zero-order chi connectivity index (χ0) is 16.8. The van der Waals surface area contributed by atoms with Gasteiger partial charge in [-0.15, -0.1) is 10.2 Å². The molecule has 128 valence electrons. The lowest BCUT2D eigenvalue weighted by atomic mass is 9.90. The lowest BCUT2D eigenvalue weighted by Crippen LogP contribution is -2.04. The number of hydrogen-bond donors (Lipinski definition) is 2. The number of pyridine rings is 1. The topological polar surface area (TPSA) is 70.9 Å². The van der Waals surface area contributed by atoms with E-state index >= 15 is 0 Å². The summed E-state index contributed by atoms with van der Waals surface area (Å²) < 4.78 is 0. The molecule has 0 atom stereocenters. The van der Waals surface area contributed by atoms with Gasteiger partial charge in [-0.1, -0.05) is 49.7 Å². The van der Waals surface area contributed by atoms with Gasteiger partial charge in [0, 0.05) is 24.1 Å². The standard InChI is InChI=1S/C18H24N4OS/c1-2-7-14(12-15-10-6-11-16(23)19-15)20-18-22-21-17(24-18)13-8-4-3-5-9-13/h6-7,10-11,13H,2-5,8-9,12H2,1H3,(H,19,23)(H,20,22)/b14-7-. The van der Waals surface area contributed by atoms with Crippen molar-refractivity contribution in [3.63, 3.8) is 0 Å². The van der Waals surface area contributed by atoms with Crippen molar-refractivity contribution in [2.75, 3.05) is 5.32 Å². The highest BCUT2D eigenvalue weighted by Gasteiger charge is 2.19. The van der Waals surface area contributed by atoms with Crippen LogP contribution in [0.5, 0.6) is 5.88 Å². The Bertz CT molecular complexity index is 692. The number of rotatable bonds is 6. The molecule has 1 aliphatic rings. The predicted molar refractivity (Wildman–Crippen MR) is 97.3 cm³/mol.